The van der Waals surface area contributed by atoms with Gasteiger partial charge in [0.2, 0.25) is 0 Å². The number of carbonyl (C=O) groups is 1. The van der Waals surface area contributed by atoms with Gasteiger partial charge >= 0.3 is 5.97 Å². The van der Waals surface area contributed by atoms with Gasteiger partial charge < -0.3 is 5.11 Å². The third-order valence-corrected chi connectivity index (χ3v) is 4.25. The molecule has 0 bridgehead atoms. The predicted octanol–water partition coefficient (Wildman–Crippen LogP) is 3.99. The first-order chi connectivity index (χ1) is 8.69. The fourth-order valence-corrected chi connectivity index (χ4v) is 3.16. The van der Waals surface area contributed by atoms with Gasteiger partial charge in [0.1, 0.15) is 5.25 Å². The van der Waals surface area contributed by atoms with Gasteiger partial charge in [-0.2, -0.15) is 0 Å². The van der Waals surface area contributed by atoms with Crippen LogP contribution in [0.4, 0.5) is 0 Å². The molecule has 0 aliphatic heterocycles. The van der Waals surface area contributed by atoms with E-state index in [4.69, 9.17) is 0 Å². The molecule has 0 aliphatic carbocycles. The predicted molar refractivity (Wildman–Crippen MR) is 82.1 cm³/mol. The van der Waals surface area contributed by atoms with E-state index in [1.165, 1.54) is 11.8 Å². The monoisotopic (exact) mass is 282 g/mol. The van der Waals surface area contributed by atoms with Crippen molar-refractivity contribution in [2.45, 2.75) is 19.1 Å². The highest BCUT2D eigenvalue weighted by Crippen LogP contribution is 2.29. The Balaban J connectivity index is 2.99. The summed E-state index contributed by atoms with van der Waals surface area (Å²) in [4.78, 5) is 12.2. The van der Waals surface area contributed by atoms with Crippen LogP contribution in [0.15, 0.2) is 36.4 Å². The summed E-state index contributed by atoms with van der Waals surface area (Å²) < 4.78 is 0. The Hall–Kier alpha value is -0.870. The third kappa shape index (κ3) is 4.78. The van der Waals surface area contributed by atoms with E-state index in [0.717, 1.165) is 22.0 Å². The zero-order chi connectivity index (χ0) is 13.4. The van der Waals surface area contributed by atoms with Crippen molar-refractivity contribution >= 4 is 34.4 Å². The number of benzene rings is 1. The average Bonchev–Trinajstić information content (AvgIpc) is 2.38. The highest BCUT2D eigenvalue weighted by Gasteiger charge is 2.15. The molecule has 18 heavy (non-hydrogen) atoms. The maximum absolute atomic E-state index is 11.2. The molecule has 1 aromatic rings. The van der Waals surface area contributed by atoms with Crippen LogP contribution in [0.25, 0.3) is 4.91 Å². The van der Waals surface area contributed by atoms with Crippen molar-refractivity contribution in [2.75, 3.05) is 11.5 Å². The molecule has 2 nitrogen and oxygen atoms in total. The number of aliphatic carboxylic acids is 1. The minimum Gasteiger partial charge on any atom is -0.480 e. The van der Waals surface area contributed by atoms with Crippen molar-refractivity contribution in [1.82, 2.24) is 0 Å². The van der Waals surface area contributed by atoms with E-state index in [1.54, 1.807) is 11.8 Å². The maximum Gasteiger partial charge on any atom is 0.320 e. The van der Waals surface area contributed by atoms with Gasteiger partial charge in [0.15, 0.2) is 0 Å². The molecule has 0 saturated carbocycles. The smallest absolute Gasteiger partial charge is 0.320 e. The molecular weight excluding hydrogens is 264 g/mol. The minimum absolute atomic E-state index is 0.468. The average molecular weight is 282 g/mol. The summed E-state index contributed by atoms with van der Waals surface area (Å²) in [5.41, 5.74) is 1.09. The number of carboxylic acids is 1. The molecule has 0 fully saturated rings. The lowest BCUT2D eigenvalue weighted by atomic mass is 10.2. The Morgan fingerprint density at radius 2 is 1.94 bits per heavy atom. The summed E-state index contributed by atoms with van der Waals surface area (Å²) in [7, 11) is 0. The Morgan fingerprint density at radius 3 is 2.44 bits per heavy atom. The lowest BCUT2D eigenvalue weighted by Gasteiger charge is -2.10. The van der Waals surface area contributed by atoms with Crippen LogP contribution in [0.5, 0.6) is 0 Å². The minimum atomic E-state index is -0.771. The number of thioether (sulfide) groups is 2. The van der Waals surface area contributed by atoms with E-state index < -0.39 is 11.2 Å². The lowest BCUT2D eigenvalue weighted by molar-refractivity contribution is -0.135. The largest absolute Gasteiger partial charge is 0.480 e. The van der Waals surface area contributed by atoms with E-state index in [2.05, 4.69) is 6.92 Å². The Kier molecular flexibility index (Phi) is 6.98. The summed E-state index contributed by atoms with van der Waals surface area (Å²) in [6.07, 6.45) is 1.86. The highest BCUT2D eigenvalue weighted by atomic mass is 32.2. The molecule has 98 valence electrons. The summed E-state index contributed by atoms with van der Waals surface area (Å²) in [5.74, 6) is 0.961. The number of carboxylic acid groups (broad SMARTS) is 1. The Labute approximate surface area is 117 Å². The van der Waals surface area contributed by atoms with Gasteiger partial charge in [-0.15, -0.1) is 23.5 Å². The molecule has 0 amide bonds. The molecule has 1 atom stereocenters. The van der Waals surface area contributed by atoms with Gasteiger partial charge in [-0.1, -0.05) is 44.2 Å². The van der Waals surface area contributed by atoms with E-state index >= 15 is 0 Å². The standard InChI is InChI=1S/C14H18O2S2/c1-3-17-12(11-8-6-5-7-9-11)10-13(14(15)16)18-4-2/h5-10,13H,3-4H2,1-2H3,(H,15,16)/b12-10-. The zero-order valence-electron chi connectivity index (χ0n) is 10.6. The Bertz CT molecular complexity index is 402. The van der Waals surface area contributed by atoms with Crippen LogP contribution >= 0.6 is 23.5 Å². The molecule has 0 saturated heterocycles. The van der Waals surface area contributed by atoms with Crippen molar-refractivity contribution in [3.05, 3.63) is 42.0 Å². The second kappa shape index (κ2) is 8.27. The summed E-state index contributed by atoms with van der Waals surface area (Å²) in [6, 6.07) is 9.95. The fraction of sp³-hybridized carbons (Fsp3) is 0.357. The second-order valence-electron chi connectivity index (χ2n) is 3.54. The summed E-state index contributed by atoms with van der Waals surface area (Å²) in [6.45, 7) is 4.05. The van der Waals surface area contributed by atoms with Crippen molar-refractivity contribution in [3.63, 3.8) is 0 Å². The van der Waals surface area contributed by atoms with Crippen LogP contribution in [0.1, 0.15) is 19.4 Å². The quantitative estimate of drug-likeness (QED) is 0.820. The SMILES string of the molecule is CCS/C(=C\C(SCC)C(=O)O)c1ccccc1. The van der Waals surface area contributed by atoms with Crippen molar-refractivity contribution in [1.29, 1.82) is 0 Å². The normalized spacial score (nSPS) is 13.3. The topological polar surface area (TPSA) is 37.3 Å². The lowest BCUT2D eigenvalue weighted by Crippen LogP contribution is -2.14. The highest BCUT2D eigenvalue weighted by molar-refractivity contribution is 8.08. The molecule has 1 rings (SSSR count). The Morgan fingerprint density at radius 1 is 1.28 bits per heavy atom. The van der Waals surface area contributed by atoms with Crippen LogP contribution in [0.3, 0.4) is 0 Å². The van der Waals surface area contributed by atoms with Crippen molar-refractivity contribution < 1.29 is 9.90 Å². The van der Waals surface area contributed by atoms with Crippen molar-refractivity contribution in [3.8, 4) is 0 Å². The second-order valence-corrected chi connectivity index (χ2v) is 6.27. The van der Waals surface area contributed by atoms with Crippen LogP contribution < -0.4 is 0 Å². The zero-order valence-corrected chi connectivity index (χ0v) is 12.3. The van der Waals surface area contributed by atoms with Gasteiger partial charge in [0.05, 0.1) is 0 Å². The van der Waals surface area contributed by atoms with Gasteiger partial charge in [-0.05, 0) is 23.1 Å². The molecule has 0 radical (unpaired) electrons. The molecule has 0 spiro atoms. The van der Waals surface area contributed by atoms with Crippen molar-refractivity contribution in [2.24, 2.45) is 0 Å². The molecule has 0 aliphatic rings. The fourth-order valence-electron chi connectivity index (χ4n) is 1.49. The number of rotatable bonds is 7. The van der Waals surface area contributed by atoms with Crippen LogP contribution in [-0.4, -0.2) is 27.8 Å². The van der Waals surface area contributed by atoms with E-state index in [1.807, 2.05) is 43.3 Å². The molecular formula is C14H18O2S2. The molecule has 0 aromatic heterocycles. The molecule has 0 heterocycles. The van der Waals surface area contributed by atoms with Crippen LogP contribution in [-0.2, 0) is 4.79 Å². The van der Waals surface area contributed by atoms with E-state index in [0.29, 0.717) is 0 Å². The summed E-state index contributed by atoms with van der Waals surface area (Å²) in [5, 5.41) is 8.73. The van der Waals surface area contributed by atoms with E-state index in [9.17, 15) is 9.90 Å². The van der Waals surface area contributed by atoms with Gasteiger partial charge in [-0.25, -0.2) is 0 Å². The molecule has 1 unspecified atom stereocenters. The number of hydrogen-bond acceptors (Lipinski definition) is 3. The first-order valence-corrected chi connectivity index (χ1v) is 7.96. The molecule has 1 N–H and O–H groups in total. The van der Waals surface area contributed by atoms with Crippen LogP contribution in [0, 0.1) is 0 Å². The number of hydrogen-bond donors (Lipinski definition) is 1. The van der Waals surface area contributed by atoms with Crippen LogP contribution in [0.2, 0.25) is 0 Å². The summed E-state index contributed by atoms with van der Waals surface area (Å²) >= 11 is 3.13. The molecule has 1 aromatic carbocycles. The van der Waals surface area contributed by atoms with Gasteiger partial charge in [0.25, 0.3) is 0 Å². The third-order valence-electron chi connectivity index (χ3n) is 2.25. The van der Waals surface area contributed by atoms with E-state index in [-0.39, 0.29) is 0 Å². The van der Waals surface area contributed by atoms with Gasteiger partial charge in [-0.3, -0.25) is 4.79 Å². The first-order valence-electron chi connectivity index (χ1n) is 5.93. The maximum atomic E-state index is 11.2. The van der Waals surface area contributed by atoms with Gasteiger partial charge in [0, 0.05) is 4.91 Å². The molecule has 4 heteroatoms. The first kappa shape index (κ1) is 15.2.